The fourth-order valence-electron chi connectivity index (χ4n) is 5.42. The molecular weight excluding hydrogens is 521 g/mol. The summed E-state index contributed by atoms with van der Waals surface area (Å²) in [6.45, 7) is 0.0782. The van der Waals surface area contributed by atoms with Gasteiger partial charge in [-0.25, -0.2) is 17.5 Å². The molecule has 9 nitrogen and oxygen atoms in total. The predicted molar refractivity (Wildman–Crippen MR) is 141 cm³/mol. The number of hydrogen-bond acceptors (Lipinski definition) is 6. The number of halogens is 1. The first-order valence-electron chi connectivity index (χ1n) is 12.4. The van der Waals surface area contributed by atoms with Gasteiger partial charge < -0.3 is 4.57 Å². The van der Waals surface area contributed by atoms with E-state index >= 15 is 0 Å². The molecule has 1 aliphatic heterocycles. The molecule has 1 atom stereocenters. The number of ketones is 1. The molecule has 2 aliphatic rings. The molecule has 0 unspecified atom stereocenters. The van der Waals surface area contributed by atoms with Gasteiger partial charge in [0.2, 0.25) is 15.6 Å². The highest BCUT2D eigenvalue weighted by Crippen LogP contribution is 2.47. The van der Waals surface area contributed by atoms with Gasteiger partial charge in [-0.1, -0.05) is 11.6 Å². The normalized spacial score (nSPS) is 19.2. The monoisotopic (exact) mass is 545 g/mol. The average molecular weight is 546 g/mol. The van der Waals surface area contributed by atoms with E-state index in [1.165, 1.54) is 52.6 Å². The highest BCUT2D eigenvalue weighted by molar-refractivity contribution is 7.89. The summed E-state index contributed by atoms with van der Waals surface area (Å²) in [5, 5.41) is 4.51. The molecule has 39 heavy (non-hydrogen) atoms. The molecule has 3 aromatic heterocycles. The van der Waals surface area contributed by atoms with Gasteiger partial charge in [0, 0.05) is 38.6 Å². The van der Waals surface area contributed by atoms with E-state index in [1.54, 1.807) is 41.2 Å². The molecule has 0 saturated carbocycles. The van der Waals surface area contributed by atoms with Gasteiger partial charge in [0.25, 0.3) is 0 Å². The van der Waals surface area contributed by atoms with Crippen LogP contribution in [0.2, 0.25) is 0 Å². The van der Waals surface area contributed by atoms with Crippen molar-refractivity contribution in [3.05, 3.63) is 112 Å². The summed E-state index contributed by atoms with van der Waals surface area (Å²) in [5.74, 6) is -0.625. The molecule has 0 N–H and O–H groups in total. The topological polar surface area (TPSA) is 107 Å². The second-order valence-corrected chi connectivity index (χ2v) is 11.8. The number of benzene rings is 1. The first-order chi connectivity index (χ1) is 18.7. The van der Waals surface area contributed by atoms with E-state index in [-0.39, 0.29) is 47.3 Å². The third-order valence-electron chi connectivity index (χ3n) is 7.48. The van der Waals surface area contributed by atoms with E-state index < -0.39 is 15.4 Å². The first kappa shape index (κ1) is 25.1. The van der Waals surface area contributed by atoms with Gasteiger partial charge >= 0.3 is 0 Å². The second kappa shape index (κ2) is 9.21. The summed E-state index contributed by atoms with van der Waals surface area (Å²) >= 11 is 0. The van der Waals surface area contributed by atoms with Gasteiger partial charge in [-0.2, -0.15) is 9.40 Å². The van der Waals surface area contributed by atoms with Crippen LogP contribution in [-0.2, 0) is 23.5 Å². The Morgan fingerprint density at radius 2 is 1.87 bits per heavy atom. The standard InChI is InChI=1S/C28H24FN5O4S/c1-32-17-23(9-10-26(32)35)39(37,38)33-13-11-20-14-25-19(16-31-34(25)22-7-5-21(29)6-8-22)15-28(20,18-33)27(36)24-4-2-3-12-30-24/h2-10,12,14,16-17H,11,13,15,18H2,1H3/t28-/m0/s1. The third-order valence-corrected chi connectivity index (χ3v) is 9.31. The number of fused-ring (bicyclic) bond motifs is 2. The number of sulfonamides is 1. The van der Waals surface area contributed by atoms with Crippen molar-refractivity contribution < 1.29 is 17.6 Å². The molecule has 1 aliphatic carbocycles. The number of carbonyl (C=O) groups excluding carboxylic acids is 1. The smallest absolute Gasteiger partial charge is 0.250 e. The lowest BCUT2D eigenvalue weighted by atomic mass is 9.65. The van der Waals surface area contributed by atoms with Crippen molar-refractivity contribution in [2.45, 2.75) is 17.7 Å². The Labute approximate surface area is 223 Å². The van der Waals surface area contributed by atoms with Crippen LogP contribution in [0.4, 0.5) is 4.39 Å². The maximum Gasteiger partial charge on any atom is 0.250 e. The third kappa shape index (κ3) is 4.14. The fraction of sp³-hybridized carbons (Fsp3) is 0.214. The van der Waals surface area contributed by atoms with Gasteiger partial charge in [-0.3, -0.25) is 14.6 Å². The van der Waals surface area contributed by atoms with Crippen LogP contribution in [0.5, 0.6) is 0 Å². The lowest BCUT2D eigenvalue weighted by Gasteiger charge is -2.44. The first-order valence-corrected chi connectivity index (χ1v) is 13.8. The highest BCUT2D eigenvalue weighted by Gasteiger charge is 2.51. The molecule has 11 heteroatoms. The van der Waals surface area contributed by atoms with Gasteiger partial charge in [0.1, 0.15) is 11.5 Å². The minimum absolute atomic E-state index is 0.0157. The summed E-state index contributed by atoms with van der Waals surface area (Å²) in [7, 11) is -2.52. The number of piperidine rings is 1. The van der Waals surface area contributed by atoms with Crippen LogP contribution in [0.3, 0.4) is 0 Å². The number of aryl methyl sites for hydroxylation is 1. The predicted octanol–water partition coefficient (Wildman–Crippen LogP) is 3.01. The van der Waals surface area contributed by atoms with Gasteiger partial charge in [-0.15, -0.1) is 0 Å². The zero-order valence-corrected chi connectivity index (χ0v) is 21.8. The summed E-state index contributed by atoms with van der Waals surface area (Å²) in [4.78, 5) is 30.3. The van der Waals surface area contributed by atoms with Crippen LogP contribution >= 0.6 is 0 Å². The summed E-state index contributed by atoms with van der Waals surface area (Å²) < 4.78 is 45.2. The van der Waals surface area contributed by atoms with E-state index in [2.05, 4.69) is 10.1 Å². The summed E-state index contributed by atoms with van der Waals surface area (Å²) in [6.07, 6.45) is 6.95. The molecule has 198 valence electrons. The Morgan fingerprint density at radius 3 is 2.59 bits per heavy atom. The largest absolute Gasteiger partial charge is 0.317 e. The number of nitrogens with zero attached hydrogens (tertiary/aromatic N) is 5. The fourth-order valence-corrected chi connectivity index (χ4v) is 6.97. The molecular formula is C28H24FN5O4S. The quantitative estimate of drug-likeness (QED) is 0.357. The van der Waals surface area contributed by atoms with E-state index in [9.17, 15) is 22.4 Å². The van der Waals surface area contributed by atoms with Crippen molar-refractivity contribution in [1.29, 1.82) is 0 Å². The summed E-state index contributed by atoms with van der Waals surface area (Å²) in [6, 6.07) is 13.6. The van der Waals surface area contributed by atoms with Crippen LogP contribution in [0.15, 0.2) is 88.5 Å². The molecule has 0 amide bonds. The van der Waals surface area contributed by atoms with Crippen molar-refractivity contribution in [1.82, 2.24) is 23.6 Å². The van der Waals surface area contributed by atoms with Crippen LogP contribution < -0.4 is 5.56 Å². The van der Waals surface area contributed by atoms with Crippen molar-refractivity contribution in [2.24, 2.45) is 12.5 Å². The van der Waals surface area contributed by atoms with E-state index in [0.29, 0.717) is 12.1 Å². The van der Waals surface area contributed by atoms with Crippen molar-refractivity contribution >= 4 is 21.9 Å². The number of aromatic nitrogens is 4. The molecule has 0 bridgehead atoms. The molecule has 0 spiro atoms. The number of pyridine rings is 2. The SMILES string of the molecule is Cn1cc(S(=O)(=O)N2CCC3=Cc4c(cnn4-c4ccc(F)cc4)C[C@]3(C(=O)c3ccccn3)C2)ccc1=O. The molecule has 1 fully saturated rings. The molecule has 1 aromatic carbocycles. The molecule has 4 aromatic rings. The average Bonchev–Trinajstić information content (AvgIpc) is 3.35. The Bertz CT molecular complexity index is 1800. The van der Waals surface area contributed by atoms with Gasteiger partial charge in [-0.05, 0) is 66.9 Å². The summed E-state index contributed by atoms with van der Waals surface area (Å²) in [5.41, 5.74) is 1.75. The molecule has 1 saturated heterocycles. The highest BCUT2D eigenvalue weighted by atomic mass is 32.2. The minimum Gasteiger partial charge on any atom is -0.317 e. The number of rotatable bonds is 5. The lowest BCUT2D eigenvalue weighted by molar-refractivity contribution is 0.0770. The maximum atomic E-state index is 14.1. The lowest BCUT2D eigenvalue weighted by Crippen LogP contribution is -2.53. The van der Waals surface area contributed by atoms with E-state index in [0.717, 1.165) is 16.8 Å². The van der Waals surface area contributed by atoms with Gasteiger partial charge in [0.05, 0.1) is 27.9 Å². The van der Waals surface area contributed by atoms with Crippen LogP contribution in [0, 0.1) is 11.2 Å². The minimum atomic E-state index is -4.01. The van der Waals surface area contributed by atoms with Crippen LogP contribution in [-0.4, -0.2) is 50.9 Å². The van der Waals surface area contributed by atoms with Crippen LogP contribution in [0.25, 0.3) is 11.8 Å². The molecule has 4 heterocycles. The Balaban J connectivity index is 1.45. The Hall–Kier alpha value is -4.22. The number of hydrogen-bond donors (Lipinski definition) is 0. The zero-order chi connectivity index (χ0) is 27.4. The van der Waals surface area contributed by atoms with Crippen molar-refractivity contribution in [3.8, 4) is 5.69 Å². The van der Waals surface area contributed by atoms with Gasteiger partial charge in [0.15, 0.2) is 5.78 Å². The van der Waals surface area contributed by atoms with Crippen molar-refractivity contribution in [2.75, 3.05) is 13.1 Å². The van der Waals surface area contributed by atoms with Crippen LogP contribution in [0.1, 0.15) is 28.2 Å². The van der Waals surface area contributed by atoms with E-state index in [4.69, 9.17) is 0 Å². The Morgan fingerprint density at radius 1 is 1.08 bits per heavy atom. The molecule has 6 rings (SSSR count). The zero-order valence-electron chi connectivity index (χ0n) is 21.0. The second-order valence-electron chi connectivity index (χ2n) is 9.82. The Kier molecular flexibility index (Phi) is 5.92. The molecule has 0 radical (unpaired) electrons. The number of Topliss-reactive ketones (excluding diaryl/α,β-unsaturated/α-hetero) is 1. The van der Waals surface area contributed by atoms with E-state index in [1.807, 2.05) is 6.08 Å². The number of carbonyl (C=O) groups is 1. The maximum absolute atomic E-state index is 14.1. The van der Waals surface area contributed by atoms with Crippen molar-refractivity contribution in [3.63, 3.8) is 0 Å².